The SMILES string of the molecule is CCN(CC(=O)Nc1ccc(N2CCCCC2)cc1)CC(=O)NC(C)(C)C. The first kappa shape index (κ1) is 21.2. The standard InChI is InChI=1S/C21H34N4O2/c1-5-24(16-20(27)23-21(2,3)4)15-19(26)22-17-9-11-18(12-10-17)25-13-7-6-8-14-25/h9-12H,5-8,13-16H2,1-4H3,(H,22,26)(H,23,27). The lowest BCUT2D eigenvalue weighted by atomic mass is 10.1. The molecular formula is C21H34N4O2. The van der Waals surface area contributed by atoms with E-state index in [1.807, 2.05) is 44.7 Å². The van der Waals surface area contributed by atoms with Crippen molar-refractivity contribution in [1.82, 2.24) is 10.2 Å². The zero-order chi connectivity index (χ0) is 19.9. The van der Waals surface area contributed by atoms with E-state index in [1.54, 1.807) is 0 Å². The molecule has 6 heteroatoms. The van der Waals surface area contributed by atoms with Gasteiger partial charge in [-0.3, -0.25) is 14.5 Å². The number of carbonyl (C=O) groups is 2. The van der Waals surface area contributed by atoms with Crippen LogP contribution in [-0.2, 0) is 9.59 Å². The normalized spacial score (nSPS) is 14.9. The number of amides is 2. The molecule has 0 aromatic heterocycles. The molecule has 0 bridgehead atoms. The Morgan fingerprint density at radius 3 is 2.15 bits per heavy atom. The number of benzene rings is 1. The van der Waals surface area contributed by atoms with Crippen LogP contribution in [-0.4, -0.2) is 55.0 Å². The highest BCUT2D eigenvalue weighted by Crippen LogP contribution is 2.21. The molecule has 1 fully saturated rings. The van der Waals surface area contributed by atoms with Crippen molar-refractivity contribution in [2.75, 3.05) is 42.9 Å². The molecule has 150 valence electrons. The summed E-state index contributed by atoms with van der Waals surface area (Å²) in [7, 11) is 0. The van der Waals surface area contributed by atoms with E-state index in [0.29, 0.717) is 6.54 Å². The Morgan fingerprint density at radius 1 is 1.00 bits per heavy atom. The second-order valence-electron chi connectivity index (χ2n) is 8.24. The van der Waals surface area contributed by atoms with Gasteiger partial charge in [-0.25, -0.2) is 0 Å². The highest BCUT2D eigenvalue weighted by Gasteiger charge is 2.18. The van der Waals surface area contributed by atoms with Crippen molar-refractivity contribution >= 4 is 23.2 Å². The number of hydrogen-bond acceptors (Lipinski definition) is 4. The predicted molar refractivity (Wildman–Crippen MR) is 111 cm³/mol. The number of carbonyl (C=O) groups excluding carboxylic acids is 2. The molecule has 0 radical (unpaired) electrons. The molecular weight excluding hydrogens is 340 g/mol. The molecule has 2 rings (SSSR count). The van der Waals surface area contributed by atoms with E-state index < -0.39 is 0 Å². The fourth-order valence-electron chi connectivity index (χ4n) is 3.25. The minimum atomic E-state index is -0.269. The first-order chi connectivity index (χ1) is 12.8. The van der Waals surface area contributed by atoms with Crippen LogP contribution in [0.15, 0.2) is 24.3 Å². The van der Waals surface area contributed by atoms with Gasteiger partial charge >= 0.3 is 0 Å². The molecule has 6 nitrogen and oxygen atoms in total. The lowest BCUT2D eigenvalue weighted by Crippen LogP contribution is -2.47. The lowest BCUT2D eigenvalue weighted by Gasteiger charge is -2.29. The maximum atomic E-state index is 12.3. The predicted octanol–water partition coefficient (Wildman–Crippen LogP) is 2.85. The second kappa shape index (κ2) is 9.74. The maximum absolute atomic E-state index is 12.3. The van der Waals surface area contributed by atoms with Gasteiger partial charge in [0.2, 0.25) is 11.8 Å². The van der Waals surface area contributed by atoms with Gasteiger partial charge in [-0.1, -0.05) is 6.92 Å². The maximum Gasteiger partial charge on any atom is 0.238 e. The summed E-state index contributed by atoms with van der Waals surface area (Å²) in [5, 5.41) is 5.85. The van der Waals surface area contributed by atoms with E-state index in [-0.39, 0.29) is 30.4 Å². The van der Waals surface area contributed by atoms with Crippen LogP contribution in [0.25, 0.3) is 0 Å². The van der Waals surface area contributed by atoms with Crippen LogP contribution >= 0.6 is 0 Å². The molecule has 0 unspecified atom stereocenters. The third-order valence-corrected chi connectivity index (χ3v) is 4.57. The highest BCUT2D eigenvalue weighted by molar-refractivity contribution is 5.92. The Hall–Kier alpha value is -2.08. The van der Waals surface area contributed by atoms with E-state index in [9.17, 15) is 9.59 Å². The van der Waals surface area contributed by atoms with Crippen molar-refractivity contribution in [2.45, 2.75) is 52.5 Å². The topological polar surface area (TPSA) is 64.7 Å². The fraction of sp³-hybridized carbons (Fsp3) is 0.619. The summed E-state index contributed by atoms with van der Waals surface area (Å²) < 4.78 is 0. The van der Waals surface area contributed by atoms with Crippen LogP contribution in [0.3, 0.4) is 0 Å². The second-order valence-corrected chi connectivity index (χ2v) is 8.24. The molecule has 1 aromatic rings. The lowest BCUT2D eigenvalue weighted by molar-refractivity contribution is -0.124. The van der Waals surface area contributed by atoms with E-state index in [1.165, 1.54) is 24.9 Å². The molecule has 1 aliphatic heterocycles. The van der Waals surface area contributed by atoms with Crippen molar-refractivity contribution in [2.24, 2.45) is 0 Å². The van der Waals surface area contributed by atoms with Gasteiger partial charge in [0.1, 0.15) is 0 Å². The Kier molecular flexibility index (Phi) is 7.66. The van der Waals surface area contributed by atoms with Crippen LogP contribution in [0.5, 0.6) is 0 Å². The first-order valence-corrected chi connectivity index (χ1v) is 9.95. The molecule has 0 saturated carbocycles. The van der Waals surface area contributed by atoms with Crippen LogP contribution in [0.2, 0.25) is 0 Å². The van der Waals surface area contributed by atoms with Crippen LogP contribution < -0.4 is 15.5 Å². The van der Waals surface area contributed by atoms with E-state index in [2.05, 4.69) is 27.7 Å². The number of piperidine rings is 1. The summed E-state index contributed by atoms with van der Waals surface area (Å²) in [6.07, 6.45) is 3.80. The van der Waals surface area contributed by atoms with Crippen molar-refractivity contribution in [3.8, 4) is 0 Å². The smallest absolute Gasteiger partial charge is 0.238 e. The quantitative estimate of drug-likeness (QED) is 0.770. The van der Waals surface area contributed by atoms with Crippen LogP contribution in [0.4, 0.5) is 11.4 Å². The van der Waals surface area contributed by atoms with Gasteiger partial charge in [-0.2, -0.15) is 0 Å². The molecule has 0 atom stereocenters. The zero-order valence-corrected chi connectivity index (χ0v) is 17.2. The van der Waals surface area contributed by atoms with Crippen LogP contribution in [0, 0.1) is 0 Å². The summed E-state index contributed by atoms with van der Waals surface area (Å²) in [5.41, 5.74) is 1.73. The van der Waals surface area contributed by atoms with Gasteiger partial charge in [0.05, 0.1) is 13.1 Å². The average Bonchev–Trinajstić information content (AvgIpc) is 2.61. The third-order valence-electron chi connectivity index (χ3n) is 4.57. The van der Waals surface area contributed by atoms with E-state index >= 15 is 0 Å². The number of anilines is 2. The van der Waals surface area contributed by atoms with Gasteiger partial charge in [0.15, 0.2) is 0 Å². The summed E-state index contributed by atoms with van der Waals surface area (Å²) in [5.74, 6) is -0.172. The molecule has 0 spiro atoms. The number of nitrogens with zero attached hydrogens (tertiary/aromatic N) is 2. The summed E-state index contributed by atoms with van der Waals surface area (Å²) >= 11 is 0. The highest BCUT2D eigenvalue weighted by atomic mass is 16.2. The minimum Gasteiger partial charge on any atom is -0.372 e. The largest absolute Gasteiger partial charge is 0.372 e. The molecule has 1 aromatic carbocycles. The van der Waals surface area contributed by atoms with E-state index in [0.717, 1.165) is 18.8 Å². The van der Waals surface area contributed by atoms with Gasteiger partial charge in [-0.05, 0) is 70.8 Å². The monoisotopic (exact) mass is 374 g/mol. The molecule has 2 amide bonds. The third kappa shape index (κ3) is 7.59. The molecule has 1 saturated heterocycles. The van der Waals surface area contributed by atoms with Gasteiger partial charge in [0.25, 0.3) is 0 Å². The Bertz CT molecular complexity index is 616. The minimum absolute atomic E-state index is 0.0666. The van der Waals surface area contributed by atoms with Crippen molar-refractivity contribution < 1.29 is 9.59 Å². The van der Waals surface area contributed by atoms with Crippen molar-refractivity contribution in [1.29, 1.82) is 0 Å². The summed E-state index contributed by atoms with van der Waals surface area (Å²) in [4.78, 5) is 28.6. The molecule has 1 aliphatic rings. The number of likely N-dealkylation sites (N-methyl/N-ethyl adjacent to an activating group) is 1. The first-order valence-electron chi connectivity index (χ1n) is 9.95. The molecule has 2 N–H and O–H groups in total. The fourth-order valence-corrected chi connectivity index (χ4v) is 3.25. The number of nitrogens with one attached hydrogen (secondary N) is 2. The Balaban J connectivity index is 1.83. The van der Waals surface area contributed by atoms with Crippen LogP contribution in [0.1, 0.15) is 47.0 Å². The molecule has 27 heavy (non-hydrogen) atoms. The molecule has 0 aliphatic carbocycles. The van der Waals surface area contributed by atoms with Gasteiger partial charge in [0, 0.05) is 30.0 Å². The summed E-state index contributed by atoms with van der Waals surface area (Å²) in [6, 6.07) is 8.03. The Morgan fingerprint density at radius 2 is 1.59 bits per heavy atom. The van der Waals surface area contributed by atoms with Gasteiger partial charge in [-0.15, -0.1) is 0 Å². The number of rotatable bonds is 7. The van der Waals surface area contributed by atoms with Crippen molar-refractivity contribution in [3.05, 3.63) is 24.3 Å². The Labute approximate surface area is 163 Å². The van der Waals surface area contributed by atoms with E-state index in [4.69, 9.17) is 0 Å². The number of hydrogen-bond donors (Lipinski definition) is 2. The average molecular weight is 375 g/mol. The zero-order valence-electron chi connectivity index (χ0n) is 17.2. The molecule has 1 heterocycles. The summed E-state index contributed by atoms with van der Waals surface area (Å²) in [6.45, 7) is 11.0. The van der Waals surface area contributed by atoms with Gasteiger partial charge < -0.3 is 15.5 Å². The van der Waals surface area contributed by atoms with Crippen molar-refractivity contribution in [3.63, 3.8) is 0 Å².